The van der Waals surface area contributed by atoms with Crippen LogP contribution in [0.25, 0.3) is 0 Å². The maximum Gasteiger partial charge on any atom is 0.329 e. The van der Waals surface area contributed by atoms with E-state index >= 15 is 0 Å². The summed E-state index contributed by atoms with van der Waals surface area (Å²) in [5.74, 6) is -1.12. The Kier molecular flexibility index (Phi) is 5.30. The molecule has 0 spiro atoms. The van der Waals surface area contributed by atoms with Gasteiger partial charge in [-0.25, -0.2) is 5.43 Å². The number of nitrogens with zero attached hydrogens (tertiary/aromatic N) is 1. The summed E-state index contributed by atoms with van der Waals surface area (Å²) in [6, 6.07) is 13.0. The Morgan fingerprint density at radius 3 is 2.43 bits per heavy atom. The highest BCUT2D eigenvalue weighted by molar-refractivity contribution is 6.39. The molecule has 0 fully saturated rings. The molecule has 0 unspecified atom stereocenters. The Bertz CT molecular complexity index is 726. The molecule has 0 aliphatic heterocycles. The van der Waals surface area contributed by atoms with Gasteiger partial charge >= 0.3 is 11.8 Å². The van der Waals surface area contributed by atoms with Gasteiger partial charge in [0.05, 0.1) is 13.3 Å². The van der Waals surface area contributed by atoms with E-state index in [2.05, 4.69) is 15.8 Å². The SMILES string of the molecule is COc1ccc(NC(=O)C(=O)NN=Cc2ccccc2O)cc1. The molecule has 3 N–H and O–H groups in total. The second-order valence-electron chi connectivity index (χ2n) is 4.44. The number of carbonyl (C=O) groups excluding carboxylic acids is 2. The zero-order valence-electron chi connectivity index (χ0n) is 12.3. The van der Waals surface area contributed by atoms with Gasteiger partial charge in [-0.1, -0.05) is 12.1 Å². The van der Waals surface area contributed by atoms with Crippen LogP contribution < -0.4 is 15.5 Å². The predicted octanol–water partition coefficient (Wildman–Crippen LogP) is 1.49. The van der Waals surface area contributed by atoms with E-state index in [-0.39, 0.29) is 5.75 Å². The molecule has 0 atom stereocenters. The van der Waals surface area contributed by atoms with E-state index in [0.29, 0.717) is 17.0 Å². The summed E-state index contributed by atoms with van der Waals surface area (Å²) in [5.41, 5.74) is 2.96. The fourth-order valence-corrected chi connectivity index (χ4v) is 1.67. The van der Waals surface area contributed by atoms with Crippen molar-refractivity contribution in [1.29, 1.82) is 0 Å². The highest BCUT2D eigenvalue weighted by atomic mass is 16.5. The molecule has 0 aliphatic carbocycles. The number of nitrogens with one attached hydrogen (secondary N) is 2. The van der Waals surface area contributed by atoms with Crippen molar-refractivity contribution in [2.75, 3.05) is 12.4 Å². The molecule has 7 nitrogen and oxygen atoms in total. The molecule has 2 aromatic rings. The number of aromatic hydroxyl groups is 1. The second-order valence-corrected chi connectivity index (χ2v) is 4.44. The van der Waals surface area contributed by atoms with Gasteiger partial charge in [0.25, 0.3) is 0 Å². The van der Waals surface area contributed by atoms with Gasteiger partial charge in [0.15, 0.2) is 0 Å². The zero-order valence-corrected chi connectivity index (χ0v) is 12.3. The molecule has 118 valence electrons. The van der Waals surface area contributed by atoms with Crippen molar-refractivity contribution in [3.8, 4) is 11.5 Å². The molecule has 0 saturated carbocycles. The summed E-state index contributed by atoms with van der Waals surface area (Å²) in [7, 11) is 1.53. The van der Waals surface area contributed by atoms with E-state index in [4.69, 9.17) is 4.74 Å². The van der Waals surface area contributed by atoms with Crippen molar-refractivity contribution in [1.82, 2.24) is 5.43 Å². The van der Waals surface area contributed by atoms with Gasteiger partial charge in [0, 0.05) is 11.3 Å². The van der Waals surface area contributed by atoms with Crippen LogP contribution in [0.2, 0.25) is 0 Å². The predicted molar refractivity (Wildman–Crippen MR) is 85.5 cm³/mol. The maximum atomic E-state index is 11.7. The molecule has 2 rings (SSSR count). The zero-order chi connectivity index (χ0) is 16.7. The lowest BCUT2D eigenvalue weighted by atomic mass is 10.2. The first kappa shape index (κ1) is 16.0. The monoisotopic (exact) mass is 313 g/mol. The van der Waals surface area contributed by atoms with Crippen molar-refractivity contribution < 1.29 is 19.4 Å². The maximum absolute atomic E-state index is 11.7. The summed E-state index contributed by atoms with van der Waals surface area (Å²) in [5, 5.41) is 15.6. The Labute approximate surface area is 132 Å². The largest absolute Gasteiger partial charge is 0.507 e. The average molecular weight is 313 g/mol. The molecule has 7 heteroatoms. The average Bonchev–Trinajstić information content (AvgIpc) is 2.57. The lowest BCUT2D eigenvalue weighted by molar-refractivity contribution is -0.136. The molecule has 0 bridgehead atoms. The molecule has 0 heterocycles. The molecular weight excluding hydrogens is 298 g/mol. The number of methoxy groups -OCH3 is 1. The lowest BCUT2D eigenvalue weighted by Crippen LogP contribution is -2.32. The molecule has 2 amide bonds. The summed E-state index contributed by atoms with van der Waals surface area (Å²) in [6.45, 7) is 0. The fraction of sp³-hybridized carbons (Fsp3) is 0.0625. The number of ether oxygens (including phenoxy) is 1. The van der Waals surface area contributed by atoms with E-state index in [1.165, 1.54) is 19.4 Å². The number of hydrogen-bond donors (Lipinski definition) is 3. The number of benzene rings is 2. The van der Waals surface area contributed by atoms with Crippen LogP contribution >= 0.6 is 0 Å². The minimum atomic E-state index is -0.924. The van der Waals surface area contributed by atoms with Gasteiger partial charge in [0.2, 0.25) is 0 Å². The van der Waals surface area contributed by atoms with Crippen molar-refractivity contribution in [2.24, 2.45) is 5.10 Å². The van der Waals surface area contributed by atoms with Gasteiger partial charge in [0.1, 0.15) is 11.5 Å². The highest BCUT2D eigenvalue weighted by Gasteiger charge is 2.12. The quantitative estimate of drug-likeness (QED) is 0.452. The van der Waals surface area contributed by atoms with Crippen LogP contribution in [-0.4, -0.2) is 30.2 Å². The molecular formula is C16H15N3O4. The van der Waals surface area contributed by atoms with Crippen molar-refractivity contribution in [3.05, 3.63) is 54.1 Å². The van der Waals surface area contributed by atoms with Crippen LogP contribution in [0, 0.1) is 0 Å². The first-order valence-corrected chi connectivity index (χ1v) is 6.66. The van der Waals surface area contributed by atoms with E-state index in [1.807, 2.05) is 0 Å². The molecule has 2 aromatic carbocycles. The van der Waals surface area contributed by atoms with Gasteiger partial charge in [-0.3, -0.25) is 9.59 Å². The summed E-state index contributed by atoms with van der Waals surface area (Å²) in [6.07, 6.45) is 1.24. The number of phenols is 1. The van der Waals surface area contributed by atoms with Crippen LogP contribution in [0.3, 0.4) is 0 Å². The van der Waals surface area contributed by atoms with E-state index < -0.39 is 11.8 Å². The minimum Gasteiger partial charge on any atom is -0.507 e. The number of phenolic OH excluding ortho intramolecular Hbond substituents is 1. The van der Waals surface area contributed by atoms with Crippen LogP contribution in [0.15, 0.2) is 53.6 Å². The molecule has 0 aliphatic rings. The number of rotatable bonds is 4. The third-order valence-corrected chi connectivity index (χ3v) is 2.86. The highest BCUT2D eigenvalue weighted by Crippen LogP contribution is 2.15. The van der Waals surface area contributed by atoms with E-state index in [0.717, 1.165) is 0 Å². The summed E-state index contributed by atoms with van der Waals surface area (Å²) >= 11 is 0. The van der Waals surface area contributed by atoms with Gasteiger partial charge in [-0.15, -0.1) is 0 Å². The second kappa shape index (κ2) is 7.60. The third-order valence-electron chi connectivity index (χ3n) is 2.86. The standard InChI is InChI=1S/C16H15N3O4/c1-23-13-8-6-12(7-9-13)18-15(21)16(22)19-17-10-11-4-2-3-5-14(11)20/h2-10,20H,1H3,(H,18,21)(H,19,22). The number of hydrogen-bond acceptors (Lipinski definition) is 5. The number of para-hydroxylation sites is 1. The fourth-order valence-electron chi connectivity index (χ4n) is 1.67. The smallest absolute Gasteiger partial charge is 0.329 e. The minimum absolute atomic E-state index is 0.0215. The van der Waals surface area contributed by atoms with Crippen LogP contribution in [0.1, 0.15) is 5.56 Å². The number of anilines is 1. The molecule has 0 radical (unpaired) electrons. The van der Waals surface area contributed by atoms with Crippen molar-refractivity contribution in [3.63, 3.8) is 0 Å². The topological polar surface area (TPSA) is 100 Å². The van der Waals surface area contributed by atoms with Crippen LogP contribution in [0.4, 0.5) is 5.69 Å². The van der Waals surface area contributed by atoms with E-state index in [9.17, 15) is 14.7 Å². The normalized spacial score (nSPS) is 10.3. The third kappa shape index (κ3) is 4.57. The van der Waals surface area contributed by atoms with Gasteiger partial charge in [-0.2, -0.15) is 5.10 Å². The van der Waals surface area contributed by atoms with E-state index in [1.54, 1.807) is 42.5 Å². The number of carbonyl (C=O) groups is 2. The van der Waals surface area contributed by atoms with Crippen LogP contribution in [0.5, 0.6) is 11.5 Å². The Hall–Kier alpha value is -3.35. The Morgan fingerprint density at radius 1 is 1.09 bits per heavy atom. The number of hydrazone groups is 1. The van der Waals surface area contributed by atoms with Gasteiger partial charge in [-0.05, 0) is 36.4 Å². The molecule has 0 aromatic heterocycles. The summed E-state index contributed by atoms with van der Waals surface area (Å²) in [4.78, 5) is 23.3. The molecule has 23 heavy (non-hydrogen) atoms. The first-order chi connectivity index (χ1) is 11.1. The summed E-state index contributed by atoms with van der Waals surface area (Å²) < 4.78 is 4.99. The number of amides is 2. The Morgan fingerprint density at radius 2 is 1.78 bits per heavy atom. The Balaban J connectivity index is 1.89. The van der Waals surface area contributed by atoms with Crippen molar-refractivity contribution in [2.45, 2.75) is 0 Å². The molecule has 0 saturated heterocycles. The van der Waals surface area contributed by atoms with Crippen molar-refractivity contribution >= 4 is 23.7 Å². The van der Waals surface area contributed by atoms with Crippen LogP contribution in [-0.2, 0) is 9.59 Å². The lowest BCUT2D eigenvalue weighted by Gasteiger charge is -2.05. The van der Waals surface area contributed by atoms with Gasteiger partial charge < -0.3 is 15.2 Å². The first-order valence-electron chi connectivity index (χ1n) is 6.66.